The van der Waals surface area contributed by atoms with E-state index in [0.29, 0.717) is 17.4 Å². The first-order valence-electron chi connectivity index (χ1n) is 8.84. The molecule has 3 nitrogen and oxygen atoms in total. The van der Waals surface area contributed by atoms with E-state index >= 15 is 0 Å². The number of carboxylic acid groups (broad SMARTS) is 1. The molecular weight excluding hydrogens is 310 g/mol. The predicted molar refractivity (Wildman–Crippen MR) is 100 cm³/mol. The number of allylic oxidation sites excluding steroid dienone is 2. The zero-order valence-corrected chi connectivity index (χ0v) is 14.8. The van der Waals surface area contributed by atoms with E-state index in [2.05, 4.69) is 49.5 Å². The Morgan fingerprint density at radius 1 is 1.12 bits per heavy atom. The van der Waals surface area contributed by atoms with Crippen molar-refractivity contribution >= 4 is 11.7 Å². The summed E-state index contributed by atoms with van der Waals surface area (Å²) in [4.78, 5) is 11.5. The third-order valence-corrected chi connectivity index (χ3v) is 5.80. The fraction of sp³-hybridized carbons (Fsp3) is 0.318. The molecule has 3 heteroatoms. The number of fused-ring (bicyclic) bond motifs is 3. The molecule has 0 fully saturated rings. The molecule has 3 atom stereocenters. The average molecular weight is 333 g/mol. The number of nitrogens with one attached hydrogen (secondary N) is 1. The lowest BCUT2D eigenvalue weighted by Crippen LogP contribution is -2.30. The van der Waals surface area contributed by atoms with Crippen molar-refractivity contribution in [2.24, 2.45) is 5.92 Å². The van der Waals surface area contributed by atoms with Crippen LogP contribution in [-0.4, -0.2) is 11.1 Å². The van der Waals surface area contributed by atoms with Gasteiger partial charge in [0.2, 0.25) is 0 Å². The van der Waals surface area contributed by atoms with Crippen molar-refractivity contribution in [1.29, 1.82) is 0 Å². The van der Waals surface area contributed by atoms with Crippen molar-refractivity contribution in [3.05, 3.63) is 75.9 Å². The minimum Gasteiger partial charge on any atom is -0.478 e. The van der Waals surface area contributed by atoms with E-state index in [-0.39, 0.29) is 6.04 Å². The highest BCUT2D eigenvalue weighted by molar-refractivity contribution is 5.92. The predicted octanol–water partition coefficient (Wildman–Crippen LogP) is 5.14. The van der Waals surface area contributed by atoms with Gasteiger partial charge in [-0.3, -0.25) is 0 Å². The lowest BCUT2D eigenvalue weighted by atomic mass is 9.75. The number of benzene rings is 2. The third kappa shape index (κ3) is 2.46. The molecule has 0 aromatic heterocycles. The zero-order chi connectivity index (χ0) is 17.7. The summed E-state index contributed by atoms with van der Waals surface area (Å²) in [6, 6.07) is 10.5. The maximum Gasteiger partial charge on any atom is 0.336 e. The molecule has 128 valence electrons. The normalized spacial score (nSPS) is 23.7. The Bertz CT molecular complexity index is 897. The Balaban J connectivity index is 1.87. The number of hydrogen-bond acceptors (Lipinski definition) is 2. The SMILES string of the molecule is Cc1ccc(C)c([C@@H]2Nc3c(ccc(C(=O)O)c3C)[C@@H]3C=CC[C@@H]32)c1. The highest BCUT2D eigenvalue weighted by Crippen LogP contribution is 2.51. The third-order valence-electron chi connectivity index (χ3n) is 5.80. The quantitative estimate of drug-likeness (QED) is 0.748. The molecule has 0 unspecified atom stereocenters. The van der Waals surface area contributed by atoms with Crippen molar-refractivity contribution in [2.45, 2.75) is 39.2 Å². The van der Waals surface area contributed by atoms with Crippen molar-refractivity contribution < 1.29 is 9.90 Å². The fourth-order valence-corrected chi connectivity index (χ4v) is 4.45. The van der Waals surface area contributed by atoms with E-state index in [1.807, 2.05) is 13.0 Å². The molecule has 2 aromatic rings. The summed E-state index contributed by atoms with van der Waals surface area (Å²) in [5.74, 6) is -0.0414. The molecule has 0 radical (unpaired) electrons. The van der Waals surface area contributed by atoms with Crippen molar-refractivity contribution in [1.82, 2.24) is 0 Å². The summed E-state index contributed by atoms with van der Waals surface area (Å²) in [5.41, 5.74) is 7.30. The Labute approximate surface area is 148 Å². The van der Waals surface area contributed by atoms with Crippen LogP contribution in [0.25, 0.3) is 0 Å². The molecule has 1 aliphatic carbocycles. The molecule has 2 aromatic carbocycles. The van der Waals surface area contributed by atoms with Crippen LogP contribution in [0.15, 0.2) is 42.5 Å². The van der Waals surface area contributed by atoms with Crippen LogP contribution in [0.3, 0.4) is 0 Å². The maximum atomic E-state index is 11.5. The Morgan fingerprint density at radius 3 is 2.68 bits per heavy atom. The molecular formula is C22H23NO2. The van der Waals surface area contributed by atoms with Crippen LogP contribution in [0.4, 0.5) is 5.69 Å². The van der Waals surface area contributed by atoms with Crippen molar-refractivity contribution in [3.8, 4) is 0 Å². The van der Waals surface area contributed by atoms with Gasteiger partial charge in [-0.2, -0.15) is 0 Å². The lowest BCUT2D eigenvalue weighted by Gasteiger charge is -2.39. The maximum absolute atomic E-state index is 11.5. The summed E-state index contributed by atoms with van der Waals surface area (Å²) in [7, 11) is 0. The molecule has 0 bridgehead atoms. The number of hydrogen-bond donors (Lipinski definition) is 2. The van der Waals surface area contributed by atoms with Crippen LogP contribution in [0.5, 0.6) is 0 Å². The van der Waals surface area contributed by atoms with Crippen LogP contribution in [0.1, 0.15) is 56.6 Å². The van der Waals surface area contributed by atoms with Crippen molar-refractivity contribution in [2.75, 3.05) is 5.32 Å². The van der Waals surface area contributed by atoms with Crippen molar-refractivity contribution in [3.63, 3.8) is 0 Å². The van der Waals surface area contributed by atoms with Gasteiger partial charge in [0.05, 0.1) is 11.6 Å². The first-order chi connectivity index (χ1) is 12.0. The van der Waals surface area contributed by atoms with Gasteiger partial charge in [0.25, 0.3) is 0 Å². The van der Waals surface area contributed by atoms with E-state index < -0.39 is 5.97 Å². The molecule has 25 heavy (non-hydrogen) atoms. The molecule has 2 N–H and O–H groups in total. The summed E-state index contributed by atoms with van der Waals surface area (Å²) >= 11 is 0. The van der Waals surface area contributed by atoms with E-state index in [9.17, 15) is 9.90 Å². The summed E-state index contributed by atoms with van der Waals surface area (Å²) in [6.07, 6.45) is 5.61. The molecule has 1 aliphatic heterocycles. The highest BCUT2D eigenvalue weighted by Gasteiger charge is 2.39. The number of anilines is 1. The first-order valence-corrected chi connectivity index (χ1v) is 8.84. The van der Waals surface area contributed by atoms with Gasteiger partial charge in [0, 0.05) is 11.6 Å². The molecule has 4 rings (SSSR count). The minimum atomic E-state index is -0.866. The van der Waals surface area contributed by atoms with Gasteiger partial charge in [-0.15, -0.1) is 0 Å². The summed E-state index contributed by atoms with van der Waals surface area (Å²) in [6.45, 7) is 6.19. The zero-order valence-electron chi connectivity index (χ0n) is 14.8. The Morgan fingerprint density at radius 2 is 1.92 bits per heavy atom. The van der Waals surface area contributed by atoms with Crippen LogP contribution in [-0.2, 0) is 0 Å². The summed E-state index contributed by atoms with van der Waals surface area (Å²) < 4.78 is 0. The average Bonchev–Trinajstić information content (AvgIpc) is 3.06. The molecule has 2 aliphatic rings. The molecule has 0 spiro atoms. The standard InChI is InChI=1S/C22H23NO2/c1-12-7-8-13(2)19(11-12)21-17-6-4-5-16(17)18-10-9-15(22(24)25)14(3)20(18)23-21/h4-5,7-11,16-17,21,23H,6H2,1-3H3,(H,24,25)/t16-,17+,21-/m1/s1. The lowest BCUT2D eigenvalue weighted by molar-refractivity contribution is 0.0696. The highest BCUT2D eigenvalue weighted by atomic mass is 16.4. The van der Waals surface area contributed by atoms with Crippen LogP contribution >= 0.6 is 0 Å². The van der Waals surface area contributed by atoms with E-state index in [1.165, 1.54) is 22.3 Å². The monoisotopic (exact) mass is 333 g/mol. The van der Waals surface area contributed by atoms with E-state index in [1.54, 1.807) is 6.07 Å². The number of carboxylic acids is 1. The molecule has 0 amide bonds. The smallest absolute Gasteiger partial charge is 0.336 e. The second-order valence-corrected chi connectivity index (χ2v) is 7.34. The number of aryl methyl sites for hydroxylation is 2. The van der Waals surface area contributed by atoms with Gasteiger partial charge in [-0.25, -0.2) is 4.79 Å². The topological polar surface area (TPSA) is 49.3 Å². The Hall–Kier alpha value is -2.55. The second-order valence-electron chi connectivity index (χ2n) is 7.34. The number of rotatable bonds is 2. The van der Waals surface area contributed by atoms with Gasteiger partial charge < -0.3 is 10.4 Å². The van der Waals surface area contributed by atoms with Gasteiger partial charge >= 0.3 is 5.97 Å². The van der Waals surface area contributed by atoms with E-state index in [4.69, 9.17) is 0 Å². The molecule has 1 heterocycles. The molecule has 0 saturated heterocycles. The van der Waals surface area contributed by atoms with Crippen LogP contribution in [0.2, 0.25) is 0 Å². The van der Waals surface area contributed by atoms with Crippen LogP contribution in [0, 0.1) is 26.7 Å². The van der Waals surface area contributed by atoms with Gasteiger partial charge in [0.1, 0.15) is 0 Å². The summed E-state index contributed by atoms with van der Waals surface area (Å²) in [5, 5.41) is 13.2. The number of carbonyl (C=O) groups is 1. The Kier molecular flexibility index (Phi) is 3.68. The fourth-order valence-electron chi connectivity index (χ4n) is 4.45. The van der Waals surface area contributed by atoms with Gasteiger partial charge in [-0.05, 0) is 61.4 Å². The largest absolute Gasteiger partial charge is 0.478 e. The first kappa shape index (κ1) is 15.9. The van der Waals surface area contributed by atoms with Gasteiger partial charge in [-0.1, -0.05) is 42.0 Å². The van der Waals surface area contributed by atoms with E-state index in [0.717, 1.165) is 17.7 Å². The van der Waals surface area contributed by atoms with Crippen LogP contribution < -0.4 is 5.32 Å². The molecule has 0 saturated carbocycles. The van der Waals surface area contributed by atoms with Gasteiger partial charge in [0.15, 0.2) is 0 Å². The minimum absolute atomic E-state index is 0.204. The number of aromatic carboxylic acids is 1. The second kappa shape index (κ2) is 5.76.